The van der Waals surface area contributed by atoms with Crippen LogP contribution in [0.15, 0.2) is 23.3 Å². The lowest BCUT2D eigenvalue weighted by atomic mass is 9.85. The first kappa shape index (κ1) is 10.6. The minimum Gasteiger partial charge on any atom is -0.481 e. The smallest absolute Gasteiger partial charge is 0.312 e. The largest absolute Gasteiger partial charge is 0.481 e. The number of halogens is 2. The van der Waals surface area contributed by atoms with Crippen LogP contribution in [0.25, 0.3) is 0 Å². The number of hydrogen-bond acceptors (Lipinski definition) is 1. The molecule has 0 spiro atoms. The Bertz CT molecular complexity index is 283. The third-order valence-corrected chi connectivity index (χ3v) is 3.05. The molecule has 0 saturated carbocycles. The summed E-state index contributed by atoms with van der Waals surface area (Å²) in [7, 11) is 0. The Kier molecular flexibility index (Phi) is 3.04. The monoisotopic (exact) mass is 220 g/mol. The van der Waals surface area contributed by atoms with Gasteiger partial charge in [0.15, 0.2) is 0 Å². The molecule has 72 valence electrons. The first-order valence-electron chi connectivity index (χ1n) is 3.98. The number of rotatable bonds is 2. The van der Waals surface area contributed by atoms with Crippen LogP contribution in [0.3, 0.4) is 0 Å². The molecule has 0 radical (unpaired) electrons. The first-order chi connectivity index (χ1) is 5.99. The number of hydrogen-bond donors (Lipinski definition) is 1. The van der Waals surface area contributed by atoms with Gasteiger partial charge in [0.1, 0.15) is 0 Å². The van der Waals surface area contributed by atoms with Gasteiger partial charge in [-0.15, -0.1) is 11.6 Å². The number of carboxylic acid groups (broad SMARTS) is 1. The quantitative estimate of drug-likeness (QED) is 0.728. The van der Waals surface area contributed by atoms with Gasteiger partial charge in [-0.1, -0.05) is 24.6 Å². The Morgan fingerprint density at radius 3 is 2.85 bits per heavy atom. The average molecular weight is 221 g/mol. The Labute approximate surface area is 86.8 Å². The van der Waals surface area contributed by atoms with E-state index in [1.807, 2.05) is 6.92 Å². The van der Waals surface area contributed by atoms with Gasteiger partial charge in [0.2, 0.25) is 0 Å². The number of alkyl halides is 1. The van der Waals surface area contributed by atoms with Crippen molar-refractivity contribution in [3.63, 3.8) is 0 Å². The minimum atomic E-state index is -0.945. The van der Waals surface area contributed by atoms with Gasteiger partial charge in [0, 0.05) is 5.03 Å². The minimum absolute atomic E-state index is 0.428. The molecule has 0 aliphatic heterocycles. The Morgan fingerprint density at radius 2 is 2.38 bits per heavy atom. The molecule has 0 aromatic rings. The lowest BCUT2D eigenvalue weighted by molar-refractivity contribution is -0.140. The predicted molar refractivity (Wildman–Crippen MR) is 53.1 cm³/mol. The fourth-order valence-electron chi connectivity index (χ4n) is 1.29. The molecule has 0 bridgehead atoms. The van der Waals surface area contributed by atoms with Gasteiger partial charge in [0.25, 0.3) is 0 Å². The molecule has 0 aromatic heterocycles. The van der Waals surface area contributed by atoms with Crippen LogP contribution in [0.1, 0.15) is 13.3 Å². The van der Waals surface area contributed by atoms with Crippen molar-refractivity contribution < 1.29 is 9.90 Å². The molecule has 2 nitrogen and oxygen atoms in total. The molecule has 1 N–H and O–H groups in total. The second kappa shape index (κ2) is 3.72. The summed E-state index contributed by atoms with van der Waals surface area (Å²) in [5, 5.41) is 9.33. The number of allylic oxidation sites excluding steroid dienone is 3. The van der Waals surface area contributed by atoms with Gasteiger partial charge in [-0.25, -0.2) is 0 Å². The third-order valence-electron chi connectivity index (χ3n) is 2.17. The molecule has 13 heavy (non-hydrogen) atoms. The van der Waals surface area contributed by atoms with E-state index in [-0.39, 0.29) is 0 Å². The van der Waals surface area contributed by atoms with Crippen molar-refractivity contribution in [2.75, 3.05) is 0 Å². The summed E-state index contributed by atoms with van der Waals surface area (Å²) in [4.78, 5) is 10.0. The van der Waals surface area contributed by atoms with E-state index in [2.05, 4.69) is 0 Å². The van der Waals surface area contributed by atoms with E-state index < -0.39 is 16.8 Å². The molecule has 0 saturated heterocycles. The summed E-state index contributed by atoms with van der Waals surface area (Å²) in [5.41, 5.74) is 0. The van der Waals surface area contributed by atoms with E-state index >= 15 is 0 Å². The van der Waals surface area contributed by atoms with E-state index in [1.54, 1.807) is 12.2 Å². The zero-order valence-electron chi connectivity index (χ0n) is 7.13. The average Bonchev–Trinajstić information content (AvgIpc) is 2.09. The molecule has 2 atom stereocenters. The van der Waals surface area contributed by atoms with E-state index in [1.165, 1.54) is 6.08 Å². The SMILES string of the molecule is CCC1(Cl)C=CC(Cl)=CC1C(=O)O. The summed E-state index contributed by atoms with van der Waals surface area (Å²) >= 11 is 11.8. The highest BCUT2D eigenvalue weighted by Gasteiger charge is 2.38. The fourth-order valence-corrected chi connectivity index (χ4v) is 1.70. The second-order valence-electron chi connectivity index (χ2n) is 2.98. The summed E-state index contributed by atoms with van der Waals surface area (Å²) in [6.45, 7) is 1.85. The van der Waals surface area contributed by atoms with Gasteiger partial charge in [-0.05, 0) is 18.6 Å². The fraction of sp³-hybridized carbons (Fsp3) is 0.444. The normalized spacial score (nSPS) is 32.8. The van der Waals surface area contributed by atoms with Gasteiger partial charge in [-0.3, -0.25) is 4.79 Å². The van der Waals surface area contributed by atoms with Gasteiger partial charge >= 0.3 is 5.97 Å². The molecule has 1 aliphatic rings. The molecule has 2 unspecified atom stereocenters. The van der Waals surface area contributed by atoms with Crippen molar-refractivity contribution in [2.24, 2.45) is 5.92 Å². The third kappa shape index (κ3) is 2.06. The zero-order chi connectivity index (χ0) is 10.1. The molecular formula is C9H10Cl2O2. The highest BCUT2D eigenvalue weighted by Crippen LogP contribution is 2.37. The van der Waals surface area contributed by atoms with Crippen molar-refractivity contribution in [3.05, 3.63) is 23.3 Å². The van der Waals surface area contributed by atoms with Crippen LogP contribution in [0.4, 0.5) is 0 Å². The summed E-state index contributed by atoms with van der Waals surface area (Å²) in [5.74, 6) is -1.68. The second-order valence-corrected chi connectivity index (χ2v) is 4.12. The predicted octanol–water partition coefficient (Wildman–Crippen LogP) is 2.77. The van der Waals surface area contributed by atoms with E-state index in [0.717, 1.165) is 0 Å². The van der Waals surface area contributed by atoms with Crippen LogP contribution in [-0.2, 0) is 4.79 Å². The maximum Gasteiger partial charge on any atom is 0.312 e. The van der Waals surface area contributed by atoms with Gasteiger partial charge in [-0.2, -0.15) is 0 Å². The maximum atomic E-state index is 10.9. The summed E-state index contributed by atoms with van der Waals surface area (Å²) in [6.07, 6.45) is 5.32. The van der Waals surface area contributed by atoms with Crippen molar-refractivity contribution in [2.45, 2.75) is 18.2 Å². The first-order valence-corrected chi connectivity index (χ1v) is 4.73. The van der Waals surface area contributed by atoms with Crippen molar-refractivity contribution in [1.29, 1.82) is 0 Å². The van der Waals surface area contributed by atoms with Crippen LogP contribution in [0.5, 0.6) is 0 Å². The maximum absolute atomic E-state index is 10.9. The molecule has 0 aromatic carbocycles. The summed E-state index contributed by atoms with van der Waals surface area (Å²) in [6, 6.07) is 0. The Hall–Kier alpha value is -0.470. The standard InChI is InChI=1S/C9H10Cl2O2/c1-2-9(11)4-3-6(10)5-7(9)8(12)13/h3-5,7H,2H2,1H3,(H,12,13). The number of carbonyl (C=O) groups is 1. The topological polar surface area (TPSA) is 37.3 Å². The molecule has 0 heterocycles. The van der Waals surface area contributed by atoms with E-state index in [0.29, 0.717) is 11.5 Å². The molecule has 1 rings (SSSR count). The van der Waals surface area contributed by atoms with Crippen LogP contribution < -0.4 is 0 Å². The molecule has 1 aliphatic carbocycles. The molecule has 4 heteroatoms. The zero-order valence-corrected chi connectivity index (χ0v) is 8.64. The molecule has 0 fully saturated rings. The molecular weight excluding hydrogens is 211 g/mol. The summed E-state index contributed by atoms with van der Waals surface area (Å²) < 4.78 is 0. The Balaban J connectivity index is 3.01. The van der Waals surface area contributed by atoms with Crippen LogP contribution in [-0.4, -0.2) is 16.0 Å². The van der Waals surface area contributed by atoms with Crippen LogP contribution in [0.2, 0.25) is 0 Å². The van der Waals surface area contributed by atoms with Crippen molar-refractivity contribution >= 4 is 29.2 Å². The van der Waals surface area contributed by atoms with Crippen LogP contribution in [0, 0.1) is 5.92 Å². The van der Waals surface area contributed by atoms with Crippen molar-refractivity contribution in [1.82, 2.24) is 0 Å². The Morgan fingerprint density at radius 1 is 1.77 bits per heavy atom. The van der Waals surface area contributed by atoms with Gasteiger partial charge < -0.3 is 5.11 Å². The van der Waals surface area contributed by atoms with Crippen molar-refractivity contribution in [3.8, 4) is 0 Å². The van der Waals surface area contributed by atoms with E-state index in [9.17, 15) is 4.79 Å². The van der Waals surface area contributed by atoms with E-state index in [4.69, 9.17) is 28.3 Å². The van der Waals surface area contributed by atoms with Gasteiger partial charge in [0.05, 0.1) is 10.8 Å². The number of carboxylic acids is 1. The number of aliphatic carboxylic acids is 1. The lowest BCUT2D eigenvalue weighted by Crippen LogP contribution is -2.35. The highest BCUT2D eigenvalue weighted by atomic mass is 35.5. The lowest BCUT2D eigenvalue weighted by Gasteiger charge is -2.29. The van der Waals surface area contributed by atoms with Crippen LogP contribution >= 0.6 is 23.2 Å². The highest BCUT2D eigenvalue weighted by molar-refractivity contribution is 6.33. The molecule has 0 amide bonds.